The Labute approximate surface area is 107 Å². The molecule has 2 rings (SSSR count). The zero-order chi connectivity index (χ0) is 10.7. The Kier molecular flexibility index (Phi) is 5.69. The lowest BCUT2D eigenvalue weighted by atomic mass is 10.1. The van der Waals surface area contributed by atoms with Crippen molar-refractivity contribution >= 4 is 23.7 Å². The summed E-state index contributed by atoms with van der Waals surface area (Å²) in [7, 11) is 0. The Morgan fingerprint density at radius 2 is 2.50 bits per heavy atom. The van der Waals surface area contributed by atoms with E-state index in [-0.39, 0.29) is 12.4 Å². The third kappa shape index (κ3) is 3.17. The van der Waals surface area contributed by atoms with Gasteiger partial charge in [-0.2, -0.15) is 0 Å². The van der Waals surface area contributed by atoms with Crippen LogP contribution in [0.1, 0.15) is 42.9 Å². The van der Waals surface area contributed by atoms with E-state index in [9.17, 15) is 0 Å². The van der Waals surface area contributed by atoms with Crippen molar-refractivity contribution in [2.24, 2.45) is 0 Å². The second kappa shape index (κ2) is 6.55. The lowest BCUT2D eigenvalue weighted by Gasteiger charge is -2.21. The summed E-state index contributed by atoms with van der Waals surface area (Å²) in [5.41, 5.74) is 1.23. The molecule has 1 aromatic heterocycles. The Hall–Kier alpha value is -0.160. The van der Waals surface area contributed by atoms with Crippen LogP contribution >= 0.6 is 23.7 Å². The average molecular weight is 263 g/mol. The number of halogens is 1. The van der Waals surface area contributed by atoms with E-state index < -0.39 is 0 Å². The van der Waals surface area contributed by atoms with Gasteiger partial charge in [0.05, 0.1) is 24.9 Å². The molecule has 0 radical (unpaired) electrons. The van der Waals surface area contributed by atoms with Gasteiger partial charge in [-0.1, -0.05) is 13.8 Å². The van der Waals surface area contributed by atoms with Gasteiger partial charge in [0.2, 0.25) is 0 Å². The molecular formula is C11H19ClN2OS. The van der Waals surface area contributed by atoms with E-state index in [1.807, 2.05) is 0 Å². The standard InChI is InChI=1S/C11H18N2OS.ClH/c1-3-8(2)10-7-15-11(13-10)9-6-14-5-4-12-9;/h7-9,12H,3-6H2,1-2H3;1H. The number of hydrogen-bond acceptors (Lipinski definition) is 4. The zero-order valence-corrected chi connectivity index (χ0v) is 11.4. The minimum atomic E-state index is 0. The molecule has 1 aromatic rings. The maximum atomic E-state index is 5.44. The molecule has 16 heavy (non-hydrogen) atoms. The molecule has 2 unspecified atom stereocenters. The van der Waals surface area contributed by atoms with Crippen molar-refractivity contribution in [3.05, 3.63) is 16.1 Å². The molecule has 1 N–H and O–H groups in total. The van der Waals surface area contributed by atoms with Gasteiger partial charge in [-0.25, -0.2) is 4.98 Å². The van der Waals surface area contributed by atoms with Crippen molar-refractivity contribution in [1.82, 2.24) is 10.3 Å². The second-order valence-corrected chi connectivity index (χ2v) is 4.89. The SMILES string of the molecule is CCC(C)c1csc(C2COCCN2)n1.Cl. The maximum Gasteiger partial charge on any atom is 0.112 e. The van der Waals surface area contributed by atoms with Gasteiger partial charge in [0, 0.05) is 11.9 Å². The molecule has 1 saturated heterocycles. The van der Waals surface area contributed by atoms with Gasteiger partial charge in [0.1, 0.15) is 5.01 Å². The van der Waals surface area contributed by atoms with Crippen LogP contribution in [0.2, 0.25) is 0 Å². The summed E-state index contributed by atoms with van der Waals surface area (Å²) >= 11 is 1.75. The molecule has 0 aliphatic carbocycles. The largest absolute Gasteiger partial charge is 0.378 e. The predicted molar refractivity (Wildman–Crippen MR) is 69.6 cm³/mol. The van der Waals surface area contributed by atoms with Crippen molar-refractivity contribution in [3.63, 3.8) is 0 Å². The number of rotatable bonds is 3. The number of nitrogens with one attached hydrogen (secondary N) is 1. The zero-order valence-electron chi connectivity index (χ0n) is 9.73. The van der Waals surface area contributed by atoms with Crippen LogP contribution < -0.4 is 5.32 Å². The van der Waals surface area contributed by atoms with Crippen LogP contribution in [0.5, 0.6) is 0 Å². The summed E-state index contributed by atoms with van der Waals surface area (Å²) in [6, 6.07) is 0.307. The first-order chi connectivity index (χ1) is 7.31. The van der Waals surface area contributed by atoms with Crippen molar-refractivity contribution in [2.75, 3.05) is 19.8 Å². The number of morpholine rings is 1. The fraction of sp³-hybridized carbons (Fsp3) is 0.727. The van der Waals surface area contributed by atoms with Crippen molar-refractivity contribution in [2.45, 2.75) is 32.2 Å². The third-order valence-electron chi connectivity index (χ3n) is 2.88. The average Bonchev–Trinajstić information content (AvgIpc) is 2.78. The Balaban J connectivity index is 0.00000128. The van der Waals surface area contributed by atoms with E-state index in [4.69, 9.17) is 4.74 Å². The van der Waals surface area contributed by atoms with Gasteiger partial charge < -0.3 is 10.1 Å². The molecule has 0 amide bonds. The van der Waals surface area contributed by atoms with Crippen LogP contribution in [0.4, 0.5) is 0 Å². The molecule has 0 spiro atoms. The summed E-state index contributed by atoms with van der Waals surface area (Å²) in [6.45, 7) is 6.94. The second-order valence-electron chi connectivity index (χ2n) is 4.00. The first kappa shape index (κ1) is 13.9. The smallest absolute Gasteiger partial charge is 0.112 e. The van der Waals surface area contributed by atoms with Crippen LogP contribution in [0.3, 0.4) is 0 Å². The molecule has 1 fully saturated rings. The Bertz CT molecular complexity index is 313. The molecule has 0 aromatic carbocycles. The highest BCUT2D eigenvalue weighted by Crippen LogP contribution is 2.25. The predicted octanol–water partition coefficient (Wildman–Crippen LogP) is 2.74. The van der Waals surface area contributed by atoms with E-state index in [2.05, 4.69) is 29.5 Å². The minimum absolute atomic E-state index is 0. The first-order valence-corrected chi connectivity index (χ1v) is 6.45. The molecule has 2 atom stereocenters. The van der Waals surface area contributed by atoms with Crippen LogP contribution in [0.25, 0.3) is 0 Å². The molecule has 5 heteroatoms. The number of aromatic nitrogens is 1. The molecule has 0 bridgehead atoms. The van der Waals surface area contributed by atoms with E-state index in [0.29, 0.717) is 12.0 Å². The van der Waals surface area contributed by atoms with Gasteiger partial charge in [0.25, 0.3) is 0 Å². The van der Waals surface area contributed by atoms with E-state index in [0.717, 1.165) is 26.2 Å². The fourth-order valence-corrected chi connectivity index (χ4v) is 2.62. The summed E-state index contributed by atoms with van der Waals surface area (Å²) in [4.78, 5) is 4.68. The summed E-state index contributed by atoms with van der Waals surface area (Å²) in [5.74, 6) is 0.569. The highest BCUT2D eigenvalue weighted by molar-refractivity contribution is 7.09. The number of nitrogens with zero attached hydrogens (tertiary/aromatic N) is 1. The number of thiazole rings is 1. The van der Waals surface area contributed by atoms with E-state index in [1.54, 1.807) is 11.3 Å². The van der Waals surface area contributed by atoms with Crippen LogP contribution in [-0.2, 0) is 4.74 Å². The van der Waals surface area contributed by atoms with Gasteiger partial charge in [-0.3, -0.25) is 0 Å². The molecule has 1 aliphatic heterocycles. The van der Waals surface area contributed by atoms with Gasteiger partial charge in [-0.15, -0.1) is 23.7 Å². The lowest BCUT2D eigenvalue weighted by molar-refractivity contribution is 0.0767. The van der Waals surface area contributed by atoms with Gasteiger partial charge in [-0.05, 0) is 12.3 Å². The molecule has 2 heterocycles. The summed E-state index contributed by atoms with van der Waals surface area (Å²) < 4.78 is 5.44. The first-order valence-electron chi connectivity index (χ1n) is 5.57. The van der Waals surface area contributed by atoms with Crippen molar-refractivity contribution in [3.8, 4) is 0 Å². The monoisotopic (exact) mass is 262 g/mol. The van der Waals surface area contributed by atoms with Gasteiger partial charge >= 0.3 is 0 Å². The quantitative estimate of drug-likeness (QED) is 0.910. The molecular weight excluding hydrogens is 244 g/mol. The number of ether oxygens (including phenoxy) is 1. The molecule has 92 valence electrons. The molecule has 0 saturated carbocycles. The van der Waals surface area contributed by atoms with E-state index in [1.165, 1.54) is 10.7 Å². The highest BCUT2D eigenvalue weighted by Gasteiger charge is 2.19. The Morgan fingerprint density at radius 3 is 3.12 bits per heavy atom. The number of hydrogen-bond donors (Lipinski definition) is 1. The molecule has 3 nitrogen and oxygen atoms in total. The topological polar surface area (TPSA) is 34.1 Å². The molecule has 1 aliphatic rings. The Morgan fingerprint density at radius 1 is 1.69 bits per heavy atom. The summed E-state index contributed by atoms with van der Waals surface area (Å²) in [5, 5.41) is 6.78. The van der Waals surface area contributed by atoms with Crippen LogP contribution in [0.15, 0.2) is 5.38 Å². The summed E-state index contributed by atoms with van der Waals surface area (Å²) in [6.07, 6.45) is 1.15. The van der Waals surface area contributed by atoms with Crippen LogP contribution in [0, 0.1) is 0 Å². The van der Waals surface area contributed by atoms with Crippen LogP contribution in [-0.4, -0.2) is 24.7 Å². The lowest BCUT2D eigenvalue weighted by Crippen LogP contribution is -2.34. The highest BCUT2D eigenvalue weighted by atomic mass is 35.5. The third-order valence-corrected chi connectivity index (χ3v) is 3.85. The van der Waals surface area contributed by atoms with Gasteiger partial charge in [0.15, 0.2) is 0 Å². The fourth-order valence-electron chi connectivity index (χ4n) is 1.62. The van der Waals surface area contributed by atoms with E-state index >= 15 is 0 Å². The minimum Gasteiger partial charge on any atom is -0.378 e. The normalized spacial score (nSPS) is 22.5. The van der Waals surface area contributed by atoms with Crippen molar-refractivity contribution in [1.29, 1.82) is 0 Å². The maximum absolute atomic E-state index is 5.44. The van der Waals surface area contributed by atoms with Crippen molar-refractivity contribution < 1.29 is 4.74 Å².